The number of halogens is 1. The highest BCUT2D eigenvalue weighted by Gasteiger charge is 2.63. The maximum absolute atomic E-state index is 13.7. The minimum atomic E-state index is -2.67. The summed E-state index contributed by atoms with van der Waals surface area (Å²) in [5.41, 5.74) is 2.39. The van der Waals surface area contributed by atoms with Crippen LogP contribution < -0.4 is 5.73 Å². The number of allylic oxidation sites excluding steroid dienone is 1. The van der Waals surface area contributed by atoms with Crippen molar-refractivity contribution in [1.29, 1.82) is 0 Å². The normalized spacial score (nSPS) is 27.6. The number of ketones is 2. The fraction of sp³-hybridized carbons (Fsp3) is 0.519. The number of hydrogen-bond donors (Lipinski definition) is 5. The number of aliphatic hydroxyl groups excluding tert-OH is 2. The number of hydrogen-bond acceptors (Lipinski definition) is 9. The van der Waals surface area contributed by atoms with Gasteiger partial charge in [0.05, 0.1) is 11.6 Å². The Balaban J connectivity index is 1.89. The molecule has 0 saturated carbocycles. The largest absolute Gasteiger partial charge is 0.510 e. The van der Waals surface area contributed by atoms with Crippen LogP contribution in [0.15, 0.2) is 28.7 Å². The van der Waals surface area contributed by atoms with E-state index in [1.807, 2.05) is 32.7 Å². The third-order valence-electron chi connectivity index (χ3n) is 8.28. The molecule has 0 unspecified atom stereocenters. The molecule has 3 aliphatic rings. The van der Waals surface area contributed by atoms with E-state index in [1.165, 1.54) is 11.0 Å². The number of nitrogens with zero attached hydrogens (tertiary/aromatic N) is 2. The molecule has 0 bridgehead atoms. The highest BCUT2D eigenvalue weighted by molar-refractivity contribution is 6.33. The van der Waals surface area contributed by atoms with Crippen LogP contribution in [0.4, 0.5) is 0 Å². The number of benzene rings is 1. The number of aliphatic hydroxyl groups is 3. The van der Waals surface area contributed by atoms with Gasteiger partial charge in [0.15, 0.2) is 11.4 Å². The molecule has 1 amide bonds. The lowest BCUT2D eigenvalue weighted by atomic mass is 9.58. The summed E-state index contributed by atoms with van der Waals surface area (Å²) in [6, 6.07) is 0.371. The first-order valence-electron chi connectivity index (χ1n) is 12.3. The SMILES string of the molecule is CN(C)[C@@H]1C(O)=C(C(N)=O)C(=O)[C@@]2(O)C(O)=C3C(=O)c4c(O)cc(CN(C)C(C)(C)C)c(Cl)c4C[C@H]3C[C@@H]12. The number of likely N-dealkylation sites (N-methyl/N-ethyl adjacent to an activating group) is 1. The van der Waals surface area contributed by atoms with Crippen LogP contribution in [0.2, 0.25) is 5.02 Å². The average Bonchev–Trinajstić information content (AvgIpc) is 2.78. The molecule has 0 fully saturated rings. The number of phenols is 1. The summed E-state index contributed by atoms with van der Waals surface area (Å²) >= 11 is 6.79. The van der Waals surface area contributed by atoms with Crippen molar-refractivity contribution >= 4 is 29.1 Å². The van der Waals surface area contributed by atoms with E-state index >= 15 is 0 Å². The van der Waals surface area contributed by atoms with Crippen molar-refractivity contribution in [2.45, 2.75) is 57.3 Å². The van der Waals surface area contributed by atoms with Gasteiger partial charge in [-0.1, -0.05) is 11.6 Å². The first-order valence-corrected chi connectivity index (χ1v) is 12.7. The maximum Gasteiger partial charge on any atom is 0.255 e. The van der Waals surface area contributed by atoms with Gasteiger partial charge in [-0.3, -0.25) is 24.2 Å². The number of amides is 1. The number of phenolic OH excluding ortho intramolecular Hbond substituents is 1. The van der Waals surface area contributed by atoms with E-state index in [-0.39, 0.29) is 35.3 Å². The molecule has 0 heterocycles. The molecule has 4 atom stereocenters. The van der Waals surface area contributed by atoms with Crippen LogP contribution in [0.3, 0.4) is 0 Å². The Hall–Kier alpha value is -2.92. The number of Topliss-reactive ketones (excluding diaryl/α,β-unsaturated/α-hetero) is 2. The fourth-order valence-electron chi connectivity index (χ4n) is 5.96. The van der Waals surface area contributed by atoms with Crippen LogP contribution in [0.25, 0.3) is 0 Å². The van der Waals surface area contributed by atoms with E-state index in [4.69, 9.17) is 17.3 Å². The zero-order valence-electron chi connectivity index (χ0n) is 22.3. The van der Waals surface area contributed by atoms with Gasteiger partial charge in [0.2, 0.25) is 5.78 Å². The Labute approximate surface area is 226 Å². The van der Waals surface area contributed by atoms with Gasteiger partial charge in [0.25, 0.3) is 5.91 Å². The van der Waals surface area contributed by atoms with Gasteiger partial charge in [0.1, 0.15) is 22.8 Å². The number of nitrogens with two attached hydrogens (primary N) is 1. The standard InChI is InChI=1S/C27H34ClN3O7/c1-26(2,3)31(6)10-12-9-15(32)17-13(19(12)28)7-11-8-14-20(30(4)5)22(34)18(25(29)37)24(36)27(14,38)23(35)16(11)21(17)33/h9,11,14,20,32,34-35,38H,7-8,10H2,1-6H3,(H2,29,37)/t11-,14-,20-,27-/m0/s1. The second kappa shape index (κ2) is 9.08. The molecule has 1 aromatic rings. The fourth-order valence-corrected chi connectivity index (χ4v) is 6.25. The molecule has 0 aliphatic heterocycles. The zero-order valence-corrected chi connectivity index (χ0v) is 23.0. The van der Waals surface area contributed by atoms with Crippen molar-refractivity contribution in [2.24, 2.45) is 17.6 Å². The van der Waals surface area contributed by atoms with Crippen molar-refractivity contribution in [2.75, 3.05) is 21.1 Å². The molecular weight excluding hydrogens is 514 g/mol. The van der Waals surface area contributed by atoms with Gasteiger partial charge < -0.3 is 26.2 Å². The smallest absolute Gasteiger partial charge is 0.255 e. The Kier molecular flexibility index (Phi) is 6.72. The topological polar surface area (TPSA) is 165 Å². The maximum atomic E-state index is 13.7. The molecule has 3 aliphatic carbocycles. The molecule has 6 N–H and O–H groups in total. The van der Waals surface area contributed by atoms with Crippen LogP contribution >= 0.6 is 11.6 Å². The van der Waals surface area contributed by atoms with Crippen molar-refractivity contribution in [3.8, 4) is 5.75 Å². The third-order valence-corrected chi connectivity index (χ3v) is 8.75. The zero-order chi connectivity index (χ0) is 28.6. The molecule has 0 aromatic heterocycles. The van der Waals surface area contributed by atoms with E-state index in [2.05, 4.69) is 0 Å². The van der Waals surface area contributed by atoms with E-state index in [0.717, 1.165) is 0 Å². The quantitative estimate of drug-likeness (QED) is 0.354. The van der Waals surface area contributed by atoms with E-state index in [1.54, 1.807) is 14.1 Å². The van der Waals surface area contributed by atoms with E-state index < -0.39 is 58.0 Å². The van der Waals surface area contributed by atoms with Crippen molar-refractivity contribution in [3.63, 3.8) is 0 Å². The lowest BCUT2D eigenvalue weighted by Gasteiger charge is -2.50. The van der Waals surface area contributed by atoms with E-state index in [9.17, 15) is 34.8 Å². The summed E-state index contributed by atoms with van der Waals surface area (Å²) in [6.07, 6.45) is 0.156. The predicted molar refractivity (Wildman–Crippen MR) is 140 cm³/mol. The van der Waals surface area contributed by atoms with Gasteiger partial charge in [-0.2, -0.15) is 0 Å². The molecular formula is C27H34ClN3O7. The monoisotopic (exact) mass is 547 g/mol. The molecule has 1 aromatic carbocycles. The predicted octanol–water partition coefficient (Wildman–Crippen LogP) is 2.00. The summed E-state index contributed by atoms with van der Waals surface area (Å²) in [7, 11) is 5.08. The average molecular weight is 548 g/mol. The van der Waals surface area contributed by atoms with E-state index in [0.29, 0.717) is 22.7 Å². The molecule has 4 rings (SSSR count). The van der Waals surface area contributed by atoms with Crippen molar-refractivity contribution < 1.29 is 34.8 Å². The molecule has 0 radical (unpaired) electrons. The number of aromatic hydroxyl groups is 1. The Morgan fingerprint density at radius 3 is 2.32 bits per heavy atom. The number of fused-ring (bicyclic) bond motifs is 3. The minimum absolute atomic E-state index is 0.00890. The van der Waals surface area contributed by atoms with Gasteiger partial charge in [-0.25, -0.2) is 0 Å². The van der Waals surface area contributed by atoms with Crippen molar-refractivity contribution in [1.82, 2.24) is 9.80 Å². The molecule has 0 spiro atoms. The van der Waals surface area contributed by atoms with Gasteiger partial charge in [0, 0.05) is 28.6 Å². The van der Waals surface area contributed by atoms with Crippen LogP contribution in [-0.2, 0) is 22.6 Å². The number of primary amides is 1. The third kappa shape index (κ3) is 3.93. The minimum Gasteiger partial charge on any atom is -0.510 e. The second-order valence-corrected chi connectivity index (χ2v) is 12.1. The van der Waals surface area contributed by atoms with Gasteiger partial charge >= 0.3 is 0 Å². The highest BCUT2D eigenvalue weighted by Crippen LogP contribution is 2.53. The Morgan fingerprint density at radius 2 is 1.79 bits per heavy atom. The molecule has 38 heavy (non-hydrogen) atoms. The summed E-state index contributed by atoms with van der Waals surface area (Å²) in [5, 5.41) is 45.0. The van der Waals surface area contributed by atoms with Crippen LogP contribution in [0, 0.1) is 11.8 Å². The second-order valence-electron chi connectivity index (χ2n) is 11.7. The molecule has 206 valence electrons. The number of carbonyl (C=O) groups is 3. The highest BCUT2D eigenvalue weighted by atomic mass is 35.5. The summed E-state index contributed by atoms with van der Waals surface area (Å²) in [5.74, 6) is -6.88. The Bertz CT molecular complexity index is 1330. The van der Waals surface area contributed by atoms with Crippen molar-refractivity contribution in [3.05, 3.63) is 50.4 Å². The summed E-state index contributed by atoms with van der Waals surface area (Å²) in [6.45, 7) is 6.51. The van der Waals surface area contributed by atoms with Crippen LogP contribution in [0.1, 0.15) is 48.7 Å². The lowest BCUT2D eigenvalue weighted by molar-refractivity contribution is -0.148. The number of rotatable bonds is 4. The number of carbonyl (C=O) groups excluding carboxylic acids is 3. The molecule has 10 nitrogen and oxygen atoms in total. The summed E-state index contributed by atoms with van der Waals surface area (Å²) in [4.78, 5) is 42.7. The molecule has 0 saturated heterocycles. The first kappa shape index (κ1) is 28.1. The summed E-state index contributed by atoms with van der Waals surface area (Å²) < 4.78 is 0. The Morgan fingerprint density at radius 1 is 1.18 bits per heavy atom. The first-order chi connectivity index (χ1) is 17.4. The lowest BCUT2D eigenvalue weighted by Crippen LogP contribution is -2.63. The van der Waals surface area contributed by atoms with Crippen LogP contribution in [-0.4, -0.2) is 86.0 Å². The van der Waals surface area contributed by atoms with Gasteiger partial charge in [-0.15, -0.1) is 0 Å². The van der Waals surface area contributed by atoms with Gasteiger partial charge in [-0.05, 0) is 77.9 Å². The van der Waals surface area contributed by atoms with Crippen LogP contribution in [0.5, 0.6) is 5.75 Å². The molecule has 11 heteroatoms.